The largest absolute Gasteiger partial charge is 0.331 e. The fourth-order valence-corrected chi connectivity index (χ4v) is 4.34. The Labute approximate surface area is 162 Å². The van der Waals surface area contributed by atoms with Crippen molar-refractivity contribution < 1.29 is 4.79 Å². The van der Waals surface area contributed by atoms with Crippen LogP contribution in [0.3, 0.4) is 0 Å². The molecule has 0 aliphatic carbocycles. The number of nitrogens with one attached hydrogen (secondary N) is 1. The molecule has 3 aromatic rings. The molecule has 1 aliphatic rings. The second kappa shape index (κ2) is 7.44. The number of fused-ring (bicyclic) bond motifs is 1. The molecule has 0 saturated heterocycles. The van der Waals surface area contributed by atoms with Crippen LogP contribution in [0.15, 0.2) is 42.7 Å². The summed E-state index contributed by atoms with van der Waals surface area (Å²) in [6.45, 7) is 5.15. The molecule has 27 heavy (non-hydrogen) atoms. The van der Waals surface area contributed by atoms with Crippen LogP contribution < -0.4 is 5.32 Å². The monoisotopic (exact) mass is 379 g/mol. The van der Waals surface area contributed by atoms with E-state index in [4.69, 9.17) is 0 Å². The summed E-state index contributed by atoms with van der Waals surface area (Å²) in [5.74, 6) is 0. The van der Waals surface area contributed by atoms with E-state index < -0.39 is 0 Å². The fourth-order valence-electron chi connectivity index (χ4n) is 3.27. The Balaban J connectivity index is 1.46. The minimum Gasteiger partial charge on any atom is -0.331 e. The van der Waals surface area contributed by atoms with Crippen LogP contribution in [-0.2, 0) is 13.0 Å². The highest BCUT2D eigenvalue weighted by Gasteiger charge is 2.24. The van der Waals surface area contributed by atoms with E-state index >= 15 is 0 Å². The average molecular weight is 379 g/mol. The van der Waals surface area contributed by atoms with Gasteiger partial charge in [0, 0.05) is 30.9 Å². The Kier molecular flexibility index (Phi) is 4.85. The first-order valence-corrected chi connectivity index (χ1v) is 9.80. The number of benzene rings is 1. The van der Waals surface area contributed by atoms with E-state index in [-0.39, 0.29) is 12.1 Å². The van der Waals surface area contributed by atoms with Crippen molar-refractivity contribution in [2.75, 3.05) is 6.54 Å². The summed E-state index contributed by atoms with van der Waals surface area (Å²) in [6.07, 6.45) is 4.12. The lowest BCUT2D eigenvalue weighted by molar-refractivity contribution is 0.187. The summed E-state index contributed by atoms with van der Waals surface area (Å²) in [5, 5.41) is 4.09. The van der Waals surface area contributed by atoms with Crippen LogP contribution in [0.1, 0.15) is 34.9 Å². The van der Waals surface area contributed by atoms with Gasteiger partial charge in [0.05, 0.1) is 34.5 Å². The molecule has 0 radical (unpaired) electrons. The molecule has 138 valence electrons. The third-order valence-corrected chi connectivity index (χ3v) is 6.08. The van der Waals surface area contributed by atoms with E-state index in [1.807, 2.05) is 32.0 Å². The molecule has 1 unspecified atom stereocenters. The second-order valence-corrected chi connectivity index (χ2v) is 7.66. The van der Waals surface area contributed by atoms with Gasteiger partial charge in [-0.1, -0.05) is 30.3 Å². The van der Waals surface area contributed by atoms with Gasteiger partial charge in [0.2, 0.25) is 0 Å². The SMILES string of the molecule is Cc1nc(-c2ccccc2)sc1C(C)NC(=O)N1CCc2nccnc2C1. The molecule has 0 bridgehead atoms. The molecule has 2 amide bonds. The minimum atomic E-state index is -0.101. The highest BCUT2D eigenvalue weighted by Crippen LogP contribution is 2.31. The quantitative estimate of drug-likeness (QED) is 0.753. The summed E-state index contributed by atoms with van der Waals surface area (Å²) in [4.78, 5) is 29.0. The first-order chi connectivity index (χ1) is 13.1. The van der Waals surface area contributed by atoms with Crippen molar-refractivity contribution in [3.63, 3.8) is 0 Å². The lowest BCUT2D eigenvalue weighted by Gasteiger charge is -2.28. The lowest BCUT2D eigenvalue weighted by atomic mass is 10.1. The van der Waals surface area contributed by atoms with Gasteiger partial charge < -0.3 is 10.2 Å². The standard InChI is InChI=1S/C20H21N5OS/c1-13-18(27-19(23-13)15-6-4-3-5-7-15)14(2)24-20(26)25-11-8-16-17(12-25)22-10-9-21-16/h3-7,9-10,14H,8,11-12H2,1-2H3,(H,24,26). The highest BCUT2D eigenvalue weighted by atomic mass is 32.1. The Morgan fingerprint density at radius 2 is 1.93 bits per heavy atom. The number of urea groups is 1. The maximum atomic E-state index is 12.7. The van der Waals surface area contributed by atoms with Crippen LogP contribution in [0.4, 0.5) is 4.79 Å². The number of hydrogen-bond donors (Lipinski definition) is 1. The van der Waals surface area contributed by atoms with Gasteiger partial charge in [-0.05, 0) is 13.8 Å². The predicted molar refractivity (Wildman–Crippen MR) is 105 cm³/mol. The van der Waals surface area contributed by atoms with Gasteiger partial charge in [0.1, 0.15) is 5.01 Å². The zero-order chi connectivity index (χ0) is 18.8. The van der Waals surface area contributed by atoms with Crippen molar-refractivity contribution in [3.05, 3.63) is 64.7 Å². The molecule has 0 spiro atoms. The Hall–Kier alpha value is -2.80. The van der Waals surface area contributed by atoms with Crippen LogP contribution in [0.25, 0.3) is 10.6 Å². The Bertz CT molecular complexity index is 956. The number of aryl methyl sites for hydroxylation is 1. The second-order valence-electron chi connectivity index (χ2n) is 6.63. The van der Waals surface area contributed by atoms with E-state index in [9.17, 15) is 4.79 Å². The van der Waals surface area contributed by atoms with Crippen LogP contribution in [0.5, 0.6) is 0 Å². The third-order valence-electron chi connectivity index (χ3n) is 4.69. The van der Waals surface area contributed by atoms with Crippen LogP contribution in [0, 0.1) is 6.92 Å². The molecule has 7 heteroatoms. The number of amides is 2. The zero-order valence-corrected chi connectivity index (χ0v) is 16.2. The number of thiazole rings is 1. The van der Waals surface area contributed by atoms with E-state index in [0.29, 0.717) is 13.1 Å². The number of aromatic nitrogens is 3. The van der Waals surface area contributed by atoms with Gasteiger partial charge in [0.25, 0.3) is 0 Å². The molecule has 3 heterocycles. The molecule has 1 N–H and O–H groups in total. The van der Waals surface area contributed by atoms with Crippen LogP contribution >= 0.6 is 11.3 Å². The smallest absolute Gasteiger partial charge is 0.318 e. The van der Waals surface area contributed by atoms with Crippen molar-refractivity contribution in [1.29, 1.82) is 0 Å². The first-order valence-electron chi connectivity index (χ1n) is 8.99. The fraction of sp³-hybridized carbons (Fsp3) is 0.300. The molecular formula is C20H21N5OS. The zero-order valence-electron chi connectivity index (χ0n) is 15.3. The summed E-state index contributed by atoms with van der Waals surface area (Å²) in [5.41, 5.74) is 3.93. The van der Waals surface area contributed by atoms with E-state index in [1.54, 1.807) is 28.6 Å². The normalized spacial score (nSPS) is 14.5. The van der Waals surface area contributed by atoms with Crippen molar-refractivity contribution in [2.45, 2.75) is 32.9 Å². The van der Waals surface area contributed by atoms with E-state index in [0.717, 1.165) is 39.0 Å². The highest BCUT2D eigenvalue weighted by molar-refractivity contribution is 7.15. The van der Waals surface area contributed by atoms with Crippen molar-refractivity contribution in [1.82, 2.24) is 25.2 Å². The van der Waals surface area contributed by atoms with Crippen molar-refractivity contribution >= 4 is 17.4 Å². The summed E-state index contributed by atoms with van der Waals surface area (Å²) in [6, 6.07) is 9.94. The molecule has 1 atom stereocenters. The van der Waals surface area contributed by atoms with Gasteiger partial charge in [0.15, 0.2) is 0 Å². The summed E-state index contributed by atoms with van der Waals surface area (Å²) < 4.78 is 0. The van der Waals surface area contributed by atoms with Crippen LogP contribution in [-0.4, -0.2) is 32.4 Å². The van der Waals surface area contributed by atoms with E-state index in [1.165, 1.54) is 0 Å². The number of rotatable bonds is 3. The number of nitrogens with zero attached hydrogens (tertiary/aromatic N) is 4. The minimum absolute atomic E-state index is 0.0761. The molecule has 0 fully saturated rings. The maximum Gasteiger partial charge on any atom is 0.318 e. The molecular weight excluding hydrogens is 358 g/mol. The number of hydrogen-bond acceptors (Lipinski definition) is 5. The average Bonchev–Trinajstić information content (AvgIpc) is 3.10. The van der Waals surface area contributed by atoms with Gasteiger partial charge in [-0.25, -0.2) is 9.78 Å². The van der Waals surface area contributed by atoms with E-state index in [2.05, 4.69) is 32.4 Å². The predicted octanol–water partition coefficient (Wildman–Crippen LogP) is 3.74. The van der Waals surface area contributed by atoms with Gasteiger partial charge in [-0.2, -0.15) is 0 Å². The molecule has 0 saturated carbocycles. The Morgan fingerprint density at radius 1 is 1.19 bits per heavy atom. The van der Waals surface area contributed by atoms with Crippen molar-refractivity contribution in [2.24, 2.45) is 0 Å². The third kappa shape index (κ3) is 3.68. The molecule has 6 nitrogen and oxygen atoms in total. The number of carbonyl (C=O) groups is 1. The molecule has 2 aromatic heterocycles. The topological polar surface area (TPSA) is 71.0 Å². The number of carbonyl (C=O) groups excluding carboxylic acids is 1. The Morgan fingerprint density at radius 3 is 2.70 bits per heavy atom. The molecule has 1 aliphatic heterocycles. The van der Waals surface area contributed by atoms with Crippen LogP contribution in [0.2, 0.25) is 0 Å². The summed E-state index contributed by atoms with van der Waals surface area (Å²) in [7, 11) is 0. The van der Waals surface area contributed by atoms with Gasteiger partial charge in [-0.15, -0.1) is 11.3 Å². The lowest BCUT2D eigenvalue weighted by Crippen LogP contribution is -2.44. The van der Waals surface area contributed by atoms with Crippen molar-refractivity contribution in [3.8, 4) is 10.6 Å². The summed E-state index contributed by atoms with van der Waals surface area (Å²) >= 11 is 1.63. The molecule has 4 rings (SSSR count). The van der Waals surface area contributed by atoms with Gasteiger partial charge in [-0.3, -0.25) is 9.97 Å². The van der Waals surface area contributed by atoms with Gasteiger partial charge >= 0.3 is 6.03 Å². The first kappa shape index (κ1) is 17.6. The maximum absolute atomic E-state index is 12.7. The molecule has 1 aromatic carbocycles.